The second kappa shape index (κ2) is 4.58. The summed E-state index contributed by atoms with van der Waals surface area (Å²) < 4.78 is 5.49. The van der Waals surface area contributed by atoms with Gasteiger partial charge in [0.15, 0.2) is 0 Å². The summed E-state index contributed by atoms with van der Waals surface area (Å²) in [6.07, 6.45) is 4.68. The Kier molecular flexibility index (Phi) is 2.94. The molecule has 0 spiro atoms. The van der Waals surface area contributed by atoms with Crippen LogP contribution in [-0.2, 0) is 4.74 Å². The Labute approximate surface area is 101 Å². The molecule has 2 heterocycles. The van der Waals surface area contributed by atoms with Crippen molar-refractivity contribution in [3.63, 3.8) is 0 Å². The Morgan fingerprint density at radius 3 is 2.76 bits per heavy atom. The predicted octanol–water partition coefficient (Wildman–Crippen LogP) is 1.53. The van der Waals surface area contributed by atoms with Crippen molar-refractivity contribution in [3.8, 4) is 0 Å². The van der Waals surface area contributed by atoms with Crippen LogP contribution < -0.4 is 11.3 Å². The molecule has 1 aliphatic carbocycles. The van der Waals surface area contributed by atoms with Crippen molar-refractivity contribution in [1.29, 1.82) is 0 Å². The first-order chi connectivity index (χ1) is 8.36. The van der Waals surface area contributed by atoms with Crippen LogP contribution in [0.5, 0.6) is 0 Å². The van der Waals surface area contributed by atoms with E-state index in [0.29, 0.717) is 11.8 Å². The van der Waals surface area contributed by atoms with Gasteiger partial charge in [-0.25, -0.2) is 15.8 Å². The van der Waals surface area contributed by atoms with E-state index >= 15 is 0 Å². The fourth-order valence-corrected chi connectivity index (χ4v) is 2.27. The molecular weight excluding hydrogens is 216 g/mol. The van der Waals surface area contributed by atoms with E-state index in [1.54, 1.807) is 0 Å². The molecule has 0 amide bonds. The third-order valence-corrected chi connectivity index (χ3v) is 3.43. The summed E-state index contributed by atoms with van der Waals surface area (Å²) >= 11 is 0. The molecule has 1 atom stereocenters. The van der Waals surface area contributed by atoms with E-state index in [1.165, 1.54) is 12.8 Å². The van der Waals surface area contributed by atoms with E-state index in [0.717, 1.165) is 43.4 Å². The van der Waals surface area contributed by atoms with E-state index in [1.807, 2.05) is 6.07 Å². The average molecular weight is 234 g/mol. The molecule has 0 bridgehead atoms. The van der Waals surface area contributed by atoms with Gasteiger partial charge in [-0.2, -0.15) is 0 Å². The number of hydrazine groups is 1. The highest BCUT2D eigenvalue weighted by atomic mass is 16.5. The van der Waals surface area contributed by atoms with Crippen molar-refractivity contribution in [2.45, 2.75) is 37.5 Å². The van der Waals surface area contributed by atoms with Crippen molar-refractivity contribution in [1.82, 2.24) is 9.97 Å². The quantitative estimate of drug-likeness (QED) is 0.613. The number of nitrogens with two attached hydrogens (primary N) is 1. The molecule has 3 N–H and O–H groups in total. The maximum absolute atomic E-state index is 5.49. The Hall–Kier alpha value is -1.20. The molecule has 3 rings (SSSR count). The van der Waals surface area contributed by atoms with Crippen LogP contribution in [0.4, 0.5) is 5.82 Å². The van der Waals surface area contributed by atoms with Gasteiger partial charge in [0.2, 0.25) is 0 Å². The van der Waals surface area contributed by atoms with Gasteiger partial charge in [-0.15, -0.1) is 0 Å². The smallest absolute Gasteiger partial charge is 0.143 e. The number of hydrogen-bond donors (Lipinski definition) is 2. The Balaban J connectivity index is 1.88. The molecule has 2 aliphatic rings. The SMILES string of the molecule is NNc1cc(C2CC2)nc(C2CCCOC2)n1. The first-order valence-corrected chi connectivity index (χ1v) is 6.30. The summed E-state index contributed by atoms with van der Waals surface area (Å²) in [7, 11) is 0. The van der Waals surface area contributed by atoms with Crippen LogP contribution in [0, 0.1) is 0 Å². The molecule has 5 heteroatoms. The molecular formula is C12H18N4O. The lowest BCUT2D eigenvalue weighted by Crippen LogP contribution is -2.20. The second-order valence-electron chi connectivity index (χ2n) is 4.87. The summed E-state index contributed by atoms with van der Waals surface area (Å²) in [5.41, 5.74) is 3.77. The van der Waals surface area contributed by atoms with Gasteiger partial charge in [0.25, 0.3) is 0 Å². The van der Waals surface area contributed by atoms with Gasteiger partial charge >= 0.3 is 0 Å². The predicted molar refractivity (Wildman–Crippen MR) is 64.6 cm³/mol. The van der Waals surface area contributed by atoms with Crippen molar-refractivity contribution in [3.05, 3.63) is 17.6 Å². The molecule has 1 aromatic heterocycles. The monoisotopic (exact) mass is 234 g/mol. The number of anilines is 1. The van der Waals surface area contributed by atoms with Crippen LogP contribution in [0.25, 0.3) is 0 Å². The van der Waals surface area contributed by atoms with Gasteiger partial charge in [0, 0.05) is 30.2 Å². The minimum atomic E-state index is 0.328. The first-order valence-electron chi connectivity index (χ1n) is 6.30. The molecule has 0 radical (unpaired) electrons. The second-order valence-corrected chi connectivity index (χ2v) is 4.87. The number of nitrogen functional groups attached to an aromatic ring is 1. The molecule has 0 aromatic carbocycles. The minimum Gasteiger partial charge on any atom is -0.381 e. The molecule has 5 nitrogen and oxygen atoms in total. The fraction of sp³-hybridized carbons (Fsp3) is 0.667. The lowest BCUT2D eigenvalue weighted by Gasteiger charge is -2.21. The lowest BCUT2D eigenvalue weighted by molar-refractivity contribution is 0.0780. The number of hydrogen-bond acceptors (Lipinski definition) is 5. The number of aromatic nitrogens is 2. The van der Waals surface area contributed by atoms with Crippen molar-refractivity contribution in [2.75, 3.05) is 18.6 Å². The third kappa shape index (κ3) is 2.40. The first kappa shape index (κ1) is 10.9. The fourth-order valence-electron chi connectivity index (χ4n) is 2.27. The molecule has 1 saturated heterocycles. The molecule has 1 aliphatic heterocycles. The number of ether oxygens (including phenoxy) is 1. The highest BCUT2D eigenvalue weighted by Crippen LogP contribution is 2.40. The maximum atomic E-state index is 5.49. The van der Waals surface area contributed by atoms with Gasteiger partial charge in [-0.1, -0.05) is 0 Å². The van der Waals surface area contributed by atoms with Crippen LogP contribution in [0.15, 0.2) is 6.07 Å². The lowest BCUT2D eigenvalue weighted by atomic mass is 10.0. The van der Waals surface area contributed by atoms with Crippen LogP contribution >= 0.6 is 0 Å². The number of nitrogens with one attached hydrogen (secondary N) is 1. The molecule has 92 valence electrons. The van der Waals surface area contributed by atoms with E-state index < -0.39 is 0 Å². The van der Waals surface area contributed by atoms with Crippen LogP contribution in [-0.4, -0.2) is 23.2 Å². The van der Waals surface area contributed by atoms with Gasteiger partial charge in [0.1, 0.15) is 11.6 Å². The largest absolute Gasteiger partial charge is 0.381 e. The zero-order chi connectivity index (χ0) is 11.7. The molecule has 2 fully saturated rings. The molecule has 1 saturated carbocycles. The van der Waals surface area contributed by atoms with E-state index in [4.69, 9.17) is 10.6 Å². The van der Waals surface area contributed by atoms with Gasteiger partial charge in [0.05, 0.1) is 6.61 Å². The standard InChI is InChI=1S/C12H18N4O/c13-16-11-6-10(8-3-4-8)14-12(15-11)9-2-1-5-17-7-9/h6,8-9H,1-5,7,13H2,(H,14,15,16). The topological polar surface area (TPSA) is 73.1 Å². The molecule has 17 heavy (non-hydrogen) atoms. The summed E-state index contributed by atoms with van der Waals surface area (Å²) in [5.74, 6) is 8.03. The van der Waals surface area contributed by atoms with Crippen molar-refractivity contribution < 1.29 is 4.74 Å². The summed E-state index contributed by atoms with van der Waals surface area (Å²) in [4.78, 5) is 9.14. The van der Waals surface area contributed by atoms with Crippen molar-refractivity contribution in [2.24, 2.45) is 5.84 Å². The highest BCUT2D eigenvalue weighted by molar-refractivity contribution is 5.37. The number of rotatable bonds is 3. The van der Waals surface area contributed by atoms with Gasteiger partial charge in [-0.3, -0.25) is 0 Å². The van der Waals surface area contributed by atoms with Crippen molar-refractivity contribution >= 4 is 5.82 Å². The van der Waals surface area contributed by atoms with Crippen LogP contribution in [0.3, 0.4) is 0 Å². The van der Waals surface area contributed by atoms with E-state index in [2.05, 4.69) is 15.4 Å². The zero-order valence-electron chi connectivity index (χ0n) is 9.85. The maximum Gasteiger partial charge on any atom is 0.143 e. The summed E-state index contributed by atoms with van der Waals surface area (Å²) in [6.45, 7) is 1.60. The molecule has 1 unspecified atom stereocenters. The van der Waals surface area contributed by atoms with E-state index in [9.17, 15) is 0 Å². The molecule has 1 aromatic rings. The average Bonchev–Trinajstić information content (AvgIpc) is 3.23. The summed E-state index contributed by atoms with van der Waals surface area (Å²) in [5, 5.41) is 0. The number of nitrogens with zero attached hydrogens (tertiary/aromatic N) is 2. The zero-order valence-corrected chi connectivity index (χ0v) is 9.85. The Morgan fingerprint density at radius 1 is 1.24 bits per heavy atom. The van der Waals surface area contributed by atoms with Crippen LogP contribution in [0.2, 0.25) is 0 Å². The highest BCUT2D eigenvalue weighted by Gasteiger charge is 2.28. The van der Waals surface area contributed by atoms with Crippen LogP contribution in [0.1, 0.15) is 49.0 Å². The van der Waals surface area contributed by atoms with E-state index in [-0.39, 0.29) is 0 Å². The Morgan fingerprint density at radius 2 is 2.12 bits per heavy atom. The Bertz CT molecular complexity index is 399. The summed E-state index contributed by atoms with van der Waals surface area (Å²) in [6, 6.07) is 1.96. The van der Waals surface area contributed by atoms with Gasteiger partial charge < -0.3 is 10.2 Å². The minimum absolute atomic E-state index is 0.328. The van der Waals surface area contributed by atoms with Gasteiger partial charge in [-0.05, 0) is 25.7 Å². The normalized spacial score (nSPS) is 24.6. The third-order valence-electron chi connectivity index (χ3n) is 3.43.